The fourth-order valence-electron chi connectivity index (χ4n) is 2.96. The third-order valence-corrected chi connectivity index (χ3v) is 4.67. The zero-order valence-corrected chi connectivity index (χ0v) is 13.9. The molecule has 1 N–H and O–H groups in total. The first kappa shape index (κ1) is 16.0. The van der Waals surface area contributed by atoms with Crippen molar-refractivity contribution in [2.24, 2.45) is 5.92 Å². The molecule has 0 saturated carbocycles. The summed E-state index contributed by atoms with van der Waals surface area (Å²) in [5.41, 5.74) is 2.52. The molecule has 0 radical (unpaired) electrons. The molecule has 116 valence electrons. The Kier molecular flexibility index (Phi) is 5.04. The lowest BCUT2D eigenvalue weighted by molar-refractivity contribution is -0.130. The molecule has 1 aromatic carbocycles. The second kappa shape index (κ2) is 6.61. The largest absolute Gasteiger partial charge is 0.322 e. The van der Waals surface area contributed by atoms with Crippen LogP contribution in [0.25, 0.3) is 0 Å². The molecule has 3 nitrogen and oxygen atoms in total. The average Bonchev–Trinajstić information content (AvgIpc) is 2.83. The molecule has 2 rings (SSSR count). The second-order valence-corrected chi connectivity index (χ2v) is 6.38. The summed E-state index contributed by atoms with van der Waals surface area (Å²) >= 11 is 0. The molecule has 1 saturated heterocycles. The Morgan fingerprint density at radius 3 is 2.24 bits per heavy atom. The van der Waals surface area contributed by atoms with Gasteiger partial charge in [0.2, 0.25) is 5.91 Å². The molecule has 3 unspecified atom stereocenters. The summed E-state index contributed by atoms with van der Waals surface area (Å²) in [4.78, 5) is 14.5. The normalized spacial score (nSPS) is 23.9. The van der Waals surface area contributed by atoms with Crippen LogP contribution in [0.5, 0.6) is 0 Å². The molecular formula is C18H28N2O. The van der Waals surface area contributed by atoms with Crippen molar-refractivity contribution in [3.8, 4) is 0 Å². The molecule has 0 spiro atoms. The summed E-state index contributed by atoms with van der Waals surface area (Å²) in [6, 6.07) is 8.61. The van der Waals surface area contributed by atoms with Gasteiger partial charge in [0.05, 0.1) is 6.04 Å². The first-order valence-electron chi connectivity index (χ1n) is 8.15. The first-order chi connectivity index (χ1) is 9.99. The summed E-state index contributed by atoms with van der Waals surface area (Å²) in [6.07, 6.45) is 1.03. The van der Waals surface area contributed by atoms with Gasteiger partial charge in [0.25, 0.3) is 0 Å². The third kappa shape index (κ3) is 3.13. The number of rotatable bonds is 5. The first-order valence-corrected chi connectivity index (χ1v) is 8.15. The third-order valence-electron chi connectivity index (χ3n) is 4.67. The molecule has 21 heavy (non-hydrogen) atoms. The maximum absolute atomic E-state index is 12.6. The molecule has 1 amide bonds. The quantitative estimate of drug-likeness (QED) is 0.896. The van der Waals surface area contributed by atoms with E-state index >= 15 is 0 Å². The van der Waals surface area contributed by atoms with Crippen molar-refractivity contribution in [3.05, 3.63) is 35.4 Å². The molecule has 1 aliphatic heterocycles. The van der Waals surface area contributed by atoms with Crippen molar-refractivity contribution in [3.63, 3.8) is 0 Å². The summed E-state index contributed by atoms with van der Waals surface area (Å²) in [6.45, 7) is 11.5. The standard InChI is InChI=1S/C18H28N2O/c1-6-13(5)16-18(21)20(7-2)17(19-16)15-10-8-14(9-11-15)12(3)4/h8-13,16-17,19H,6-7H2,1-5H3. The van der Waals surface area contributed by atoms with Crippen LogP contribution in [0.15, 0.2) is 24.3 Å². The van der Waals surface area contributed by atoms with Gasteiger partial charge in [0, 0.05) is 6.54 Å². The van der Waals surface area contributed by atoms with E-state index in [1.54, 1.807) is 0 Å². The van der Waals surface area contributed by atoms with E-state index in [1.165, 1.54) is 11.1 Å². The van der Waals surface area contributed by atoms with E-state index in [4.69, 9.17) is 0 Å². The zero-order chi connectivity index (χ0) is 15.6. The molecule has 1 aliphatic rings. The van der Waals surface area contributed by atoms with E-state index in [-0.39, 0.29) is 18.1 Å². The van der Waals surface area contributed by atoms with Gasteiger partial charge < -0.3 is 4.90 Å². The van der Waals surface area contributed by atoms with Gasteiger partial charge in [0.15, 0.2) is 0 Å². The molecular weight excluding hydrogens is 260 g/mol. The van der Waals surface area contributed by atoms with Crippen LogP contribution in [0.4, 0.5) is 0 Å². The van der Waals surface area contributed by atoms with Crippen molar-refractivity contribution in [1.29, 1.82) is 0 Å². The Balaban J connectivity index is 2.23. The van der Waals surface area contributed by atoms with E-state index in [0.717, 1.165) is 13.0 Å². The fourth-order valence-corrected chi connectivity index (χ4v) is 2.96. The lowest BCUT2D eigenvalue weighted by Gasteiger charge is -2.23. The SMILES string of the molecule is CCC(C)C1NC(c2ccc(C(C)C)cc2)N(CC)C1=O. The fraction of sp³-hybridized carbons (Fsp3) is 0.611. The smallest absolute Gasteiger partial charge is 0.241 e. The van der Waals surface area contributed by atoms with Crippen LogP contribution in [-0.2, 0) is 4.79 Å². The Morgan fingerprint density at radius 1 is 1.14 bits per heavy atom. The molecule has 3 heteroatoms. The van der Waals surface area contributed by atoms with Crippen molar-refractivity contribution in [2.45, 2.75) is 59.2 Å². The van der Waals surface area contributed by atoms with Crippen molar-refractivity contribution in [1.82, 2.24) is 10.2 Å². The average molecular weight is 288 g/mol. The number of likely N-dealkylation sites (N-methyl/N-ethyl adjacent to an activating group) is 1. The van der Waals surface area contributed by atoms with Crippen LogP contribution in [-0.4, -0.2) is 23.4 Å². The monoisotopic (exact) mass is 288 g/mol. The summed E-state index contributed by atoms with van der Waals surface area (Å²) in [5.74, 6) is 1.14. The Labute approximate surface area is 128 Å². The van der Waals surface area contributed by atoms with Crippen LogP contribution < -0.4 is 5.32 Å². The molecule has 0 bridgehead atoms. The van der Waals surface area contributed by atoms with Crippen molar-refractivity contribution in [2.75, 3.05) is 6.54 Å². The van der Waals surface area contributed by atoms with Crippen LogP contribution in [0.3, 0.4) is 0 Å². The van der Waals surface area contributed by atoms with Gasteiger partial charge in [-0.15, -0.1) is 0 Å². The minimum absolute atomic E-state index is 0.0164. The number of carbonyl (C=O) groups is 1. The Bertz CT molecular complexity index is 480. The lowest BCUT2D eigenvalue weighted by atomic mass is 9.99. The zero-order valence-electron chi connectivity index (χ0n) is 13.9. The van der Waals surface area contributed by atoms with Gasteiger partial charge >= 0.3 is 0 Å². The van der Waals surface area contributed by atoms with E-state index in [2.05, 4.69) is 57.3 Å². The summed E-state index contributed by atoms with van der Waals surface area (Å²) < 4.78 is 0. The highest BCUT2D eigenvalue weighted by Gasteiger charge is 2.40. The van der Waals surface area contributed by atoms with E-state index < -0.39 is 0 Å². The molecule has 1 aromatic rings. The number of carbonyl (C=O) groups excluding carboxylic acids is 1. The lowest BCUT2D eigenvalue weighted by Crippen LogP contribution is -2.35. The minimum atomic E-state index is -0.0512. The van der Waals surface area contributed by atoms with Crippen molar-refractivity contribution < 1.29 is 4.79 Å². The number of benzene rings is 1. The molecule has 0 aliphatic carbocycles. The maximum atomic E-state index is 12.6. The summed E-state index contributed by atoms with van der Waals surface area (Å²) in [7, 11) is 0. The molecule has 0 aromatic heterocycles. The van der Waals surface area contributed by atoms with Gasteiger partial charge in [-0.05, 0) is 29.9 Å². The maximum Gasteiger partial charge on any atom is 0.241 e. The second-order valence-electron chi connectivity index (χ2n) is 6.38. The highest BCUT2D eigenvalue weighted by Crippen LogP contribution is 2.29. The molecule has 1 fully saturated rings. The highest BCUT2D eigenvalue weighted by atomic mass is 16.2. The van der Waals surface area contributed by atoms with Gasteiger partial charge in [-0.3, -0.25) is 10.1 Å². The summed E-state index contributed by atoms with van der Waals surface area (Å²) in [5, 5.41) is 3.53. The number of hydrogen-bond donors (Lipinski definition) is 1. The number of nitrogens with zero attached hydrogens (tertiary/aromatic N) is 1. The van der Waals surface area contributed by atoms with Crippen LogP contribution in [0.2, 0.25) is 0 Å². The number of nitrogens with one attached hydrogen (secondary N) is 1. The van der Waals surface area contributed by atoms with Gasteiger partial charge in [-0.1, -0.05) is 58.4 Å². The van der Waals surface area contributed by atoms with Crippen LogP contribution in [0.1, 0.15) is 64.3 Å². The van der Waals surface area contributed by atoms with E-state index in [9.17, 15) is 4.79 Å². The van der Waals surface area contributed by atoms with Crippen LogP contribution >= 0.6 is 0 Å². The topological polar surface area (TPSA) is 32.3 Å². The highest BCUT2D eigenvalue weighted by molar-refractivity contribution is 5.84. The molecule has 3 atom stereocenters. The minimum Gasteiger partial charge on any atom is -0.322 e. The van der Waals surface area contributed by atoms with Gasteiger partial charge in [0.1, 0.15) is 6.17 Å². The van der Waals surface area contributed by atoms with Crippen LogP contribution in [0, 0.1) is 5.92 Å². The predicted octanol–water partition coefficient (Wildman–Crippen LogP) is 3.68. The van der Waals surface area contributed by atoms with Gasteiger partial charge in [-0.2, -0.15) is 0 Å². The van der Waals surface area contributed by atoms with Crippen molar-refractivity contribution >= 4 is 5.91 Å². The van der Waals surface area contributed by atoms with Gasteiger partial charge in [-0.25, -0.2) is 0 Å². The Morgan fingerprint density at radius 2 is 1.76 bits per heavy atom. The number of hydrogen-bond acceptors (Lipinski definition) is 2. The predicted molar refractivity (Wildman–Crippen MR) is 87.0 cm³/mol. The molecule has 1 heterocycles. The Hall–Kier alpha value is -1.35. The van der Waals surface area contributed by atoms with E-state index in [1.807, 2.05) is 11.8 Å². The number of amides is 1. The van der Waals surface area contributed by atoms with E-state index in [0.29, 0.717) is 11.8 Å².